The van der Waals surface area contributed by atoms with Crippen LogP contribution in [-0.4, -0.2) is 12.8 Å². The van der Waals surface area contributed by atoms with Crippen molar-refractivity contribution in [2.75, 3.05) is 12.4 Å². The number of carbonyl (C=O) groups excluding carboxylic acids is 1. The van der Waals surface area contributed by atoms with Crippen LogP contribution >= 0.6 is 31.9 Å². The Morgan fingerprint density at radius 1 is 1.09 bits per heavy atom. The largest absolute Gasteiger partial charge is 0.385 e. The molecule has 0 aliphatic heterocycles. The topological polar surface area (TPSA) is 46.2 Å². The van der Waals surface area contributed by atoms with E-state index in [-0.39, 0.29) is 16.8 Å². The van der Waals surface area contributed by atoms with Crippen molar-refractivity contribution in [1.82, 2.24) is 0 Å². The van der Waals surface area contributed by atoms with Gasteiger partial charge in [0.05, 0.1) is 11.3 Å². The van der Waals surface area contributed by atoms with Crippen LogP contribution in [0.4, 0.5) is 5.69 Å². The minimum atomic E-state index is -0.335. The summed E-state index contributed by atoms with van der Waals surface area (Å²) < 4.78 is 1.60. The minimum Gasteiger partial charge on any atom is -0.385 e. The van der Waals surface area contributed by atoms with E-state index in [9.17, 15) is 9.59 Å². The van der Waals surface area contributed by atoms with E-state index >= 15 is 0 Å². The van der Waals surface area contributed by atoms with Crippen molar-refractivity contribution in [2.24, 2.45) is 0 Å². The van der Waals surface area contributed by atoms with Crippen LogP contribution in [0.5, 0.6) is 0 Å². The molecule has 0 saturated carbocycles. The van der Waals surface area contributed by atoms with E-state index in [1.54, 1.807) is 25.3 Å². The number of nitrogens with one attached hydrogen (secondary N) is 1. The van der Waals surface area contributed by atoms with Gasteiger partial charge in [0, 0.05) is 16.0 Å². The first kappa shape index (κ1) is 16.6. The number of ketones is 1. The molecule has 0 heterocycles. The van der Waals surface area contributed by atoms with Crippen molar-refractivity contribution >= 4 is 49.4 Å². The van der Waals surface area contributed by atoms with E-state index in [2.05, 4.69) is 37.2 Å². The number of anilines is 1. The first-order chi connectivity index (χ1) is 10.5. The first-order valence-electron chi connectivity index (χ1n) is 6.51. The Hall–Kier alpha value is -1.72. The lowest BCUT2D eigenvalue weighted by atomic mass is 10.1. The molecule has 3 nitrogen and oxygen atoms in total. The summed E-state index contributed by atoms with van der Waals surface area (Å²) in [4.78, 5) is 24.6. The average molecular weight is 423 g/mol. The van der Waals surface area contributed by atoms with Crippen LogP contribution in [0.15, 0.2) is 62.3 Å². The number of rotatable bonds is 4. The number of carbonyl (C=O) groups is 1. The van der Waals surface area contributed by atoms with E-state index in [1.807, 2.05) is 24.3 Å². The highest BCUT2D eigenvalue weighted by atomic mass is 79.9. The Bertz CT molecular complexity index is 801. The van der Waals surface area contributed by atoms with Gasteiger partial charge >= 0.3 is 0 Å². The van der Waals surface area contributed by atoms with Gasteiger partial charge in [0.1, 0.15) is 0 Å². The van der Waals surface area contributed by atoms with Gasteiger partial charge in [-0.2, -0.15) is 0 Å². The molecule has 2 rings (SSSR count). The van der Waals surface area contributed by atoms with Crippen molar-refractivity contribution in [3.8, 4) is 0 Å². The molecule has 0 fully saturated rings. The molecule has 0 aromatic heterocycles. The molecule has 0 saturated heterocycles. The molecule has 2 aromatic rings. The normalized spacial score (nSPS) is 10.7. The molecular formula is C17H13Br2NO2. The maximum absolute atomic E-state index is 12.3. The second kappa shape index (κ2) is 7.51. The zero-order valence-corrected chi connectivity index (χ0v) is 14.9. The van der Waals surface area contributed by atoms with Gasteiger partial charge in [0.15, 0.2) is 5.78 Å². The quantitative estimate of drug-likeness (QED) is 0.582. The zero-order valence-electron chi connectivity index (χ0n) is 11.8. The maximum atomic E-state index is 12.3. The van der Waals surface area contributed by atoms with Gasteiger partial charge < -0.3 is 5.32 Å². The summed E-state index contributed by atoms with van der Waals surface area (Å²) >= 11 is 6.69. The summed E-state index contributed by atoms with van der Waals surface area (Å²) in [5.41, 5.74) is 1.05. The van der Waals surface area contributed by atoms with E-state index in [4.69, 9.17) is 0 Å². The fourth-order valence-corrected chi connectivity index (χ4v) is 2.67. The maximum Gasteiger partial charge on any atom is 0.212 e. The van der Waals surface area contributed by atoms with E-state index in [0.717, 1.165) is 10.0 Å². The summed E-state index contributed by atoms with van der Waals surface area (Å²) in [5.74, 6) is -0.335. The number of allylic oxidation sites excluding steroid dienone is 1. The van der Waals surface area contributed by atoms with Gasteiger partial charge in [-0.05, 0) is 42.0 Å². The average Bonchev–Trinajstić information content (AvgIpc) is 2.64. The fourth-order valence-electron chi connectivity index (χ4n) is 1.89. The van der Waals surface area contributed by atoms with Crippen LogP contribution < -0.4 is 10.7 Å². The third kappa shape index (κ3) is 4.15. The van der Waals surface area contributed by atoms with Gasteiger partial charge in [0.25, 0.3) is 0 Å². The van der Waals surface area contributed by atoms with Crippen LogP contribution in [0, 0.1) is 0 Å². The van der Waals surface area contributed by atoms with Crippen LogP contribution in [0.25, 0.3) is 6.08 Å². The summed E-state index contributed by atoms with van der Waals surface area (Å²) in [6, 6.07) is 12.5. The smallest absolute Gasteiger partial charge is 0.212 e. The Morgan fingerprint density at radius 2 is 1.82 bits per heavy atom. The van der Waals surface area contributed by atoms with Gasteiger partial charge in [-0.25, -0.2) is 0 Å². The van der Waals surface area contributed by atoms with Crippen molar-refractivity contribution in [2.45, 2.75) is 0 Å². The molecule has 2 aromatic carbocycles. The number of hydrogen-bond acceptors (Lipinski definition) is 3. The number of hydrogen-bond donors (Lipinski definition) is 1. The molecule has 0 bridgehead atoms. The first-order valence-corrected chi connectivity index (χ1v) is 8.09. The van der Waals surface area contributed by atoms with Gasteiger partial charge in [-0.1, -0.05) is 50.1 Å². The van der Waals surface area contributed by atoms with Crippen LogP contribution in [0.2, 0.25) is 0 Å². The highest BCUT2D eigenvalue weighted by Gasteiger charge is 2.10. The lowest BCUT2D eigenvalue weighted by Gasteiger charge is -1.97. The van der Waals surface area contributed by atoms with E-state index < -0.39 is 0 Å². The molecule has 1 N–H and O–H groups in total. The Balaban J connectivity index is 2.40. The molecule has 0 radical (unpaired) electrons. The lowest BCUT2D eigenvalue weighted by molar-refractivity contribution is 0.104. The summed E-state index contributed by atoms with van der Waals surface area (Å²) in [6.45, 7) is 0. The SMILES string of the molecule is CNc1ccc(Br)cc(C(=O)C=Cc2cccc(Br)c2)c1=O. The summed E-state index contributed by atoms with van der Waals surface area (Å²) in [7, 11) is 1.65. The van der Waals surface area contributed by atoms with Crippen molar-refractivity contribution in [3.05, 3.63) is 78.8 Å². The molecule has 0 atom stereocenters. The van der Waals surface area contributed by atoms with Crippen molar-refractivity contribution in [3.63, 3.8) is 0 Å². The monoisotopic (exact) mass is 421 g/mol. The molecule has 0 amide bonds. The highest BCUT2D eigenvalue weighted by Crippen LogP contribution is 2.15. The Kier molecular flexibility index (Phi) is 5.69. The Morgan fingerprint density at radius 3 is 2.50 bits per heavy atom. The fraction of sp³-hybridized carbons (Fsp3) is 0.0588. The molecular weight excluding hydrogens is 410 g/mol. The number of benzene rings is 1. The van der Waals surface area contributed by atoms with Crippen LogP contribution in [-0.2, 0) is 0 Å². The summed E-state index contributed by atoms with van der Waals surface area (Å²) in [5, 5.41) is 2.80. The third-order valence-corrected chi connectivity index (χ3v) is 3.98. The Labute approximate surface area is 145 Å². The lowest BCUT2D eigenvalue weighted by Crippen LogP contribution is -2.14. The molecule has 0 aliphatic carbocycles. The molecule has 112 valence electrons. The highest BCUT2D eigenvalue weighted by molar-refractivity contribution is 9.10. The molecule has 0 spiro atoms. The molecule has 22 heavy (non-hydrogen) atoms. The number of halogens is 2. The molecule has 0 unspecified atom stereocenters. The molecule has 5 heteroatoms. The zero-order chi connectivity index (χ0) is 16.1. The van der Waals surface area contributed by atoms with Crippen LogP contribution in [0.3, 0.4) is 0 Å². The van der Waals surface area contributed by atoms with E-state index in [1.165, 1.54) is 12.1 Å². The van der Waals surface area contributed by atoms with Gasteiger partial charge in [-0.3, -0.25) is 9.59 Å². The second-order valence-corrected chi connectivity index (χ2v) is 6.35. The second-order valence-electron chi connectivity index (χ2n) is 4.52. The summed E-state index contributed by atoms with van der Waals surface area (Å²) in [6.07, 6.45) is 3.09. The van der Waals surface area contributed by atoms with E-state index in [0.29, 0.717) is 10.2 Å². The van der Waals surface area contributed by atoms with Gasteiger partial charge in [-0.15, -0.1) is 0 Å². The molecule has 0 aliphatic rings. The predicted octanol–water partition coefficient (Wildman–Crippen LogP) is 4.51. The minimum absolute atomic E-state index is 0.118. The third-order valence-electron chi connectivity index (χ3n) is 2.99. The van der Waals surface area contributed by atoms with Crippen molar-refractivity contribution < 1.29 is 4.79 Å². The standard InChI is InChI=1S/C17H13Br2NO2/c1-20-15-7-6-13(19)10-14(17(15)22)16(21)8-5-11-3-2-4-12(18)9-11/h2-10H,1H3,(H,20,22). The predicted molar refractivity (Wildman–Crippen MR) is 97.5 cm³/mol. The van der Waals surface area contributed by atoms with Gasteiger partial charge in [0.2, 0.25) is 5.43 Å². The van der Waals surface area contributed by atoms with Crippen molar-refractivity contribution in [1.29, 1.82) is 0 Å². The van der Waals surface area contributed by atoms with Crippen LogP contribution in [0.1, 0.15) is 15.9 Å².